The predicted molar refractivity (Wildman–Crippen MR) is 77.4 cm³/mol. The number of ether oxygens (including phenoxy) is 2. The number of carbonyl (C=O) groups excluding carboxylic acids is 1. The summed E-state index contributed by atoms with van der Waals surface area (Å²) in [6.45, 7) is 0.587. The van der Waals surface area contributed by atoms with Crippen LogP contribution in [0, 0.1) is 0 Å². The molecule has 0 aliphatic carbocycles. The molecule has 1 heterocycles. The van der Waals surface area contributed by atoms with Crippen molar-refractivity contribution in [3.8, 4) is 5.75 Å². The smallest absolute Gasteiger partial charge is 0.337 e. The summed E-state index contributed by atoms with van der Waals surface area (Å²) in [5, 5.41) is 10.1. The van der Waals surface area contributed by atoms with Crippen molar-refractivity contribution in [2.24, 2.45) is 0 Å². The van der Waals surface area contributed by atoms with Gasteiger partial charge in [-0.05, 0) is 35.7 Å². The first-order chi connectivity index (χ1) is 10.2. The monoisotopic (exact) mass is 284 g/mol. The number of hydrogen-bond acceptors (Lipinski definition) is 4. The van der Waals surface area contributed by atoms with Gasteiger partial charge in [0.25, 0.3) is 0 Å². The summed E-state index contributed by atoms with van der Waals surface area (Å²) in [5.74, 6) is -0.315. The van der Waals surface area contributed by atoms with E-state index in [-0.39, 0.29) is 11.9 Å². The first-order valence-corrected chi connectivity index (χ1v) is 6.81. The van der Waals surface area contributed by atoms with Crippen LogP contribution in [0.1, 0.15) is 33.2 Å². The first-order valence-electron chi connectivity index (χ1n) is 6.81. The summed E-state index contributed by atoms with van der Waals surface area (Å²) in [4.78, 5) is 11.7. The topological polar surface area (TPSA) is 55.8 Å². The molecule has 1 unspecified atom stereocenters. The summed E-state index contributed by atoms with van der Waals surface area (Å²) in [5.41, 5.74) is 3.22. The van der Waals surface area contributed by atoms with Gasteiger partial charge in [0.15, 0.2) is 0 Å². The number of methoxy groups -OCH3 is 1. The van der Waals surface area contributed by atoms with Gasteiger partial charge in [0.05, 0.1) is 19.3 Å². The van der Waals surface area contributed by atoms with Gasteiger partial charge in [-0.15, -0.1) is 0 Å². The maximum absolute atomic E-state index is 11.7. The molecule has 0 radical (unpaired) electrons. The van der Waals surface area contributed by atoms with Crippen molar-refractivity contribution < 1.29 is 19.4 Å². The Bertz CT molecular complexity index is 678. The third-order valence-electron chi connectivity index (χ3n) is 3.72. The van der Waals surface area contributed by atoms with E-state index in [4.69, 9.17) is 9.47 Å². The number of esters is 1. The van der Waals surface area contributed by atoms with Crippen LogP contribution in [0.4, 0.5) is 0 Å². The molecular formula is C17H16O4. The Morgan fingerprint density at radius 2 is 2.05 bits per heavy atom. The molecule has 4 heteroatoms. The summed E-state index contributed by atoms with van der Waals surface area (Å²) in [7, 11) is 1.33. The second kappa shape index (κ2) is 5.58. The summed E-state index contributed by atoms with van der Waals surface area (Å²) in [6, 6.07) is 12.7. The van der Waals surface area contributed by atoms with Gasteiger partial charge in [-0.1, -0.05) is 24.3 Å². The Kier molecular flexibility index (Phi) is 3.62. The Hall–Kier alpha value is -2.33. The number of phenolic OH excluding ortho intramolecular Hbond substituents is 1. The van der Waals surface area contributed by atoms with Crippen LogP contribution in [-0.4, -0.2) is 24.8 Å². The van der Waals surface area contributed by atoms with Gasteiger partial charge >= 0.3 is 5.97 Å². The fourth-order valence-electron chi connectivity index (χ4n) is 2.66. The van der Waals surface area contributed by atoms with Crippen molar-refractivity contribution in [1.82, 2.24) is 0 Å². The molecule has 2 aromatic carbocycles. The summed E-state index contributed by atoms with van der Waals surface area (Å²) in [6.07, 6.45) is 0.490. The Balaban J connectivity index is 2.07. The fourth-order valence-corrected chi connectivity index (χ4v) is 2.66. The Morgan fingerprint density at radius 3 is 2.86 bits per heavy atom. The maximum Gasteiger partial charge on any atom is 0.337 e. The number of rotatable bonds is 2. The number of hydrogen-bond donors (Lipinski definition) is 1. The minimum Gasteiger partial charge on any atom is -0.508 e. The van der Waals surface area contributed by atoms with Crippen LogP contribution in [-0.2, 0) is 15.9 Å². The van der Waals surface area contributed by atoms with Gasteiger partial charge in [0.1, 0.15) is 11.9 Å². The molecule has 21 heavy (non-hydrogen) atoms. The average molecular weight is 284 g/mol. The molecule has 0 amide bonds. The third kappa shape index (κ3) is 2.50. The van der Waals surface area contributed by atoms with E-state index in [0.29, 0.717) is 17.7 Å². The largest absolute Gasteiger partial charge is 0.508 e. The van der Waals surface area contributed by atoms with E-state index >= 15 is 0 Å². The van der Waals surface area contributed by atoms with Gasteiger partial charge in [0, 0.05) is 5.56 Å². The molecule has 0 spiro atoms. The van der Waals surface area contributed by atoms with Crippen LogP contribution in [0.2, 0.25) is 0 Å². The van der Waals surface area contributed by atoms with Crippen molar-refractivity contribution >= 4 is 5.97 Å². The van der Waals surface area contributed by atoms with Crippen molar-refractivity contribution in [1.29, 1.82) is 0 Å². The highest BCUT2D eigenvalue weighted by atomic mass is 16.5. The zero-order chi connectivity index (χ0) is 14.8. The molecule has 2 aromatic rings. The Labute approximate surface area is 122 Å². The predicted octanol–water partition coefficient (Wildman–Crippen LogP) is 2.84. The lowest BCUT2D eigenvalue weighted by Crippen LogP contribution is -2.17. The van der Waals surface area contributed by atoms with Crippen LogP contribution in [0.5, 0.6) is 5.75 Å². The summed E-state index contributed by atoms with van der Waals surface area (Å²) < 4.78 is 10.6. The zero-order valence-electron chi connectivity index (χ0n) is 11.7. The maximum atomic E-state index is 11.7. The van der Waals surface area contributed by atoms with Gasteiger partial charge in [0.2, 0.25) is 0 Å². The molecule has 1 aliphatic rings. The highest BCUT2D eigenvalue weighted by Gasteiger charge is 2.25. The van der Waals surface area contributed by atoms with E-state index in [9.17, 15) is 9.90 Å². The number of benzene rings is 2. The molecule has 0 aromatic heterocycles. The highest BCUT2D eigenvalue weighted by molar-refractivity contribution is 5.89. The van der Waals surface area contributed by atoms with Crippen LogP contribution < -0.4 is 0 Å². The number of phenols is 1. The SMILES string of the molecule is COC(=O)c1ccc(O)c(C2OCCc3ccccc32)c1. The first kappa shape index (κ1) is 13.6. The third-order valence-corrected chi connectivity index (χ3v) is 3.72. The van der Waals surface area contributed by atoms with Gasteiger partial charge in [-0.25, -0.2) is 4.79 Å². The molecular weight excluding hydrogens is 268 g/mol. The van der Waals surface area contributed by atoms with Crippen molar-refractivity contribution in [3.05, 3.63) is 64.7 Å². The van der Waals surface area contributed by atoms with Crippen LogP contribution in [0.3, 0.4) is 0 Å². The van der Waals surface area contributed by atoms with E-state index in [1.807, 2.05) is 18.2 Å². The number of carbonyl (C=O) groups is 1. The number of aromatic hydroxyl groups is 1. The quantitative estimate of drug-likeness (QED) is 0.862. The van der Waals surface area contributed by atoms with Gasteiger partial charge < -0.3 is 14.6 Å². The van der Waals surface area contributed by atoms with Crippen molar-refractivity contribution in [2.75, 3.05) is 13.7 Å². The lowest BCUT2D eigenvalue weighted by molar-refractivity contribution is 0.0596. The minimum atomic E-state index is -0.430. The van der Waals surface area contributed by atoms with Gasteiger partial charge in [-0.2, -0.15) is 0 Å². The van der Waals surface area contributed by atoms with E-state index in [0.717, 1.165) is 12.0 Å². The van der Waals surface area contributed by atoms with E-state index in [2.05, 4.69) is 6.07 Å². The molecule has 0 saturated heterocycles. The zero-order valence-corrected chi connectivity index (χ0v) is 11.7. The van der Waals surface area contributed by atoms with Crippen molar-refractivity contribution in [3.63, 3.8) is 0 Å². The molecule has 1 aliphatic heterocycles. The standard InChI is InChI=1S/C17H16O4/c1-20-17(19)12-6-7-15(18)14(10-12)16-13-5-3-2-4-11(13)8-9-21-16/h2-7,10,16,18H,8-9H2,1H3. The minimum absolute atomic E-state index is 0.115. The Morgan fingerprint density at radius 1 is 1.24 bits per heavy atom. The van der Waals surface area contributed by atoms with Gasteiger partial charge in [-0.3, -0.25) is 0 Å². The highest BCUT2D eigenvalue weighted by Crippen LogP contribution is 2.37. The second-order valence-corrected chi connectivity index (χ2v) is 4.96. The molecule has 0 bridgehead atoms. The van der Waals surface area contributed by atoms with E-state index in [1.54, 1.807) is 12.1 Å². The van der Waals surface area contributed by atoms with Crippen LogP contribution in [0.25, 0.3) is 0 Å². The molecule has 4 nitrogen and oxygen atoms in total. The molecule has 1 N–H and O–H groups in total. The lowest BCUT2D eigenvalue weighted by atomic mass is 9.92. The molecule has 108 valence electrons. The fraction of sp³-hybridized carbons (Fsp3) is 0.235. The molecule has 0 saturated carbocycles. The molecule has 3 rings (SSSR count). The summed E-state index contributed by atoms with van der Waals surface area (Å²) >= 11 is 0. The average Bonchev–Trinajstić information content (AvgIpc) is 2.54. The van der Waals surface area contributed by atoms with E-state index < -0.39 is 5.97 Å². The molecule has 1 atom stereocenters. The van der Waals surface area contributed by atoms with E-state index in [1.165, 1.54) is 18.7 Å². The molecule has 0 fully saturated rings. The lowest BCUT2D eigenvalue weighted by Gasteiger charge is -2.27. The number of fused-ring (bicyclic) bond motifs is 1. The normalized spacial score (nSPS) is 17.1. The van der Waals surface area contributed by atoms with Crippen LogP contribution >= 0.6 is 0 Å². The van der Waals surface area contributed by atoms with Crippen LogP contribution in [0.15, 0.2) is 42.5 Å². The second-order valence-electron chi connectivity index (χ2n) is 4.96. The van der Waals surface area contributed by atoms with Crippen molar-refractivity contribution in [2.45, 2.75) is 12.5 Å².